The van der Waals surface area contributed by atoms with E-state index in [9.17, 15) is 18.0 Å². The zero-order valence-corrected chi connectivity index (χ0v) is 23.7. The van der Waals surface area contributed by atoms with Gasteiger partial charge in [0.15, 0.2) is 0 Å². The van der Waals surface area contributed by atoms with Crippen molar-refractivity contribution in [3.8, 4) is 0 Å². The monoisotopic (exact) mass is 535 g/mol. The van der Waals surface area contributed by atoms with E-state index in [-0.39, 0.29) is 17.3 Å². The van der Waals surface area contributed by atoms with Gasteiger partial charge in [-0.1, -0.05) is 66.2 Å². The highest BCUT2D eigenvalue weighted by Crippen LogP contribution is 2.27. The first-order valence-electron chi connectivity index (χ1n) is 12.6. The predicted molar refractivity (Wildman–Crippen MR) is 151 cm³/mol. The fourth-order valence-corrected chi connectivity index (χ4v) is 5.51. The van der Waals surface area contributed by atoms with Crippen LogP contribution in [0.5, 0.6) is 0 Å². The van der Waals surface area contributed by atoms with Crippen molar-refractivity contribution in [2.45, 2.75) is 64.6 Å². The summed E-state index contributed by atoms with van der Waals surface area (Å²) in [6.45, 7) is 10.7. The molecule has 0 unspecified atom stereocenters. The average Bonchev–Trinajstić information content (AvgIpc) is 2.85. The van der Waals surface area contributed by atoms with E-state index in [0.29, 0.717) is 11.3 Å². The lowest BCUT2D eigenvalue weighted by Crippen LogP contribution is -2.54. The minimum absolute atomic E-state index is 0.0901. The van der Waals surface area contributed by atoms with Crippen molar-refractivity contribution >= 4 is 27.5 Å². The van der Waals surface area contributed by atoms with Gasteiger partial charge in [0, 0.05) is 12.1 Å². The van der Waals surface area contributed by atoms with Crippen LogP contribution in [0.3, 0.4) is 0 Å². The molecular weight excluding hydrogens is 498 g/mol. The smallest absolute Gasteiger partial charge is 0.264 e. The number of nitrogens with zero attached hydrogens (tertiary/aromatic N) is 2. The summed E-state index contributed by atoms with van der Waals surface area (Å²) in [5.74, 6) is -0.796. The molecule has 8 heteroatoms. The second-order valence-electron chi connectivity index (χ2n) is 10.5. The highest BCUT2D eigenvalue weighted by Gasteiger charge is 2.33. The molecule has 0 spiro atoms. The van der Waals surface area contributed by atoms with Crippen molar-refractivity contribution in [1.29, 1.82) is 0 Å². The van der Waals surface area contributed by atoms with Gasteiger partial charge in [0.05, 0.1) is 10.6 Å². The fourth-order valence-electron chi connectivity index (χ4n) is 4.03. The van der Waals surface area contributed by atoms with Gasteiger partial charge in [0.1, 0.15) is 12.6 Å². The van der Waals surface area contributed by atoms with Gasteiger partial charge in [-0.3, -0.25) is 13.9 Å². The molecule has 0 aliphatic rings. The Morgan fingerprint density at radius 2 is 1.45 bits per heavy atom. The van der Waals surface area contributed by atoms with E-state index in [2.05, 4.69) is 5.32 Å². The topological polar surface area (TPSA) is 86.8 Å². The zero-order chi connectivity index (χ0) is 28.1. The molecule has 0 saturated heterocycles. The molecule has 0 saturated carbocycles. The number of hydrogen-bond donors (Lipinski definition) is 1. The molecule has 3 rings (SSSR count). The normalized spacial score (nSPS) is 12.5. The van der Waals surface area contributed by atoms with Crippen molar-refractivity contribution in [2.24, 2.45) is 0 Å². The first-order valence-corrected chi connectivity index (χ1v) is 14.0. The van der Waals surface area contributed by atoms with Crippen LogP contribution in [-0.2, 0) is 26.2 Å². The van der Waals surface area contributed by atoms with E-state index >= 15 is 0 Å². The van der Waals surface area contributed by atoms with Gasteiger partial charge in [-0.25, -0.2) is 8.42 Å². The Morgan fingerprint density at radius 3 is 2.03 bits per heavy atom. The molecule has 0 fully saturated rings. The summed E-state index contributed by atoms with van der Waals surface area (Å²) in [7, 11) is -4.08. The third-order valence-electron chi connectivity index (χ3n) is 6.13. The quantitative estimate of drug-likeness (QED) is 0.425. The van der Waals surface area contributed by atoms with Crippen LogP contribution in [0.2, 0.25) is 0 Å². The minimum Gasteiger partial charge on any atom is -0.350 e. The van der Waals surface area contributed by atoms with Crippen LogP contribution in [-0.4, -0.2) is 43.3 Å². The van der Waals surface area contributed by atoms with Crippen LogP contribution in [0.25, 0.3) is 0 Å². The summed E-state index contributed by atoms with van der Waals surface area (Å²) in [6.07, 6.45) is 0. The van der Waals surface area contributed by atoms with Crippen LogP contribution in [0.1, 0.15) is 44.4 Å². The van der Waals surface area contributed by atoms with Crippen molar-refractivity contribution in [3.05, 3.63) is 95.6 Å². The van der Waals surface area contributed by atoms with Crippen molar-refractivity contribution in [1.82, 2.24) is 10.2 Å². The van der Waals surface area contributed by atoms with Gasteiger partial charge in [-0.2, -0.15) is 0 Å². The summed E-state index contributed by atoms with van der Waals surface area (Å²) in [4.78, 5) is 28.6. The molecule has 0 heterocycles. The van der Waals surface area contributed by atoms with Crippen LogP contribution in [0.4, 0.5) is 5.69 Å². The number of benzene rings is 3. The zero-order valence-electron chi connectivity index (χ0n) is 22.9. The summed E-state index contributed by atoms with van der Waals surface area (Å²) >= 11 is 0. The Labute approximate surface area is 226 Å². The van der Waals surface area contributed by atoms with E-state index in [1.165, 1.54) is 4.90 Å². The minimum atomic E-state index is -4.08. The number of para-hydroxylation sites is 1. The van der Waals surface area contributed by atoms with Gasteiger partial charge in [-0.15, -0.1) is 0 Å². The molecular formula is C30H37N3O4S. The third-order valence-corrected chi connectivity index (χ3v) is 7.91. The highest BCUT2D eigenvalue weighted by molar-refractivity contribution is 7.92. The molecule has 38 heavy (non-hydrogen) atoms. The summed E-state index contributed by atoms with van der Waals surface area (Å²) in [6, 6.07) is 22.1. The lowest BCUT2D eigenvalue weighted by atomic mass is 10.1. The molecule has 0 aromatic heterocycles. The standard InChI is InChI=1S/C30H37N3O4S/c1-22-16-18-26(19-17-22)38(36,37)33(27-15-11-10-12-23(27)2)21-28(34)32(20-25-13-8-7-9-14-25)24(3)29(35)31-30(4,5)6/h7-19,24H,20-21H2,1-6H3,(H,31,35)/t24-/m1/s1. The molecule has 7 nitrogen and oxygen atoms in total. The number of rotatable bonds is 9. The maximum Gasteiger partial charge on any atom is 0.264 e. The summed E-state index contributed by atoms with van der Waals surface area (Å²) < 4.78 is 28.9. The SMILES string of the molecule is Cc1ccc(S(=O)(=O)N(CC(=O)N(Cc2ccccc2)[C@H](C)C(=O)NC(C)(C)C)c2ccccc2C)cc1. The van der Waals surface area contributed by atoms with Crippen LogP contribution in [0, 0.1) is 13.8 Å². The summed E-state index contributed by atoms with van der Waals surface area (Å²) in [5, 5.41) is 2.93. The van der Waals surface area contributed by atoms with Crippen molar-refractivity contribution < 1.29 is 18.0 Å². The predicted octanol–water partition coefficient (Wildman–Crippen LogP) is 4.83. The summed E-state index contributed by atoms with van der Waals surface area (Å²) in [5.41, 5.74) is 2.39. The first kappa shape index (κ1) is 28.9. The third kappa shape index (κ3) is 7.22. The number of amides is 2. The Balaban J connectivity index is 2.04. The number of anilines is 1. The Hall–Kier alpha value is -3.65. The van der Waals surface area contributed by atoms with Crippen LogP contribution in [0.15, 0.2) is 83.8 Å². The molecule has 0 aliphatic heterocycles. The molecule has 3 aromatic carbocycles. The van der Waals surface area contributed by atoms with Gasteiger partial charge in [-0.05, 0) is 70.9 Å². The number of carbonyl (C=O) groups is 2. The van der Waals surface area contributed by atoms with Gasteiger partial charge >= 0.3 is 0 Å². The highest BCUT2D eigenvalue weighted by atomic mass is 32.2. The maximum absolute atomic E-state index is 13.9. The Morgan fingerprint density at radius 1 is 0.868 bits per heavy atom. The number of carbonyl (C=O) groups excluding carboxylic acids is 2. The molecule has 2 amide bonds. The second-order valence-corrected chi connectivity index (χ2v) is 12.4. The second kappa shape index (κ2) is 11.8. The molecule has 3 aromatic rings. The first-order chi connectivity index (χ1) is 17.8. The van der Waals surface area contributed by atoms with Crippen LogP contribution >= 0.6 is 0 Å². The molecule has 0 bridgehead atoms. The van der Waals surface area contributed by atoms with E-state index in [1.54, 1.807) is 56.3 Å². The Kier molecular flexibility index (Phi) is 8.99. The van der Waals surface area contributed by atoms with E-state index < -0.39 is 34.1 Å². The lowest BCUT2D eigenvalue weighted by Gasteiger charge is -2.33. The number of hydrogen-bond acceptors (Lipinski definition) is 4. The van der Waals surface area contributed by atoms with E-state index in [1.807, 2.05) is 64.1 Å². The maximum atomic E-state index is 13.9. The number of aryl methyl sites for hydroxylation is 2. The van der Waals surface area contributed by atoms with Crippen molar-refractivity contribution in [2.75, 3.05) is 10.8 Å². The Bertz CT molecular complexity index is 1360. The van der Waals surface area contributed by atoms with E-state index in [0.717, 1.165) is 15.4 Å². The van der Waals surface area contributed by atoms with E-state index in [4.69, 9.17) is 0 Å². The largest absolute Gasteiger partial charge is 0.350 e. The van der Waals surface area contributed by atoms with Gasteiger partial charge in [0.25, 0.3) is 10.0 Å². The lowest BCUT2D eigenvalue weighted by molar-refractivity contribution is -0.140. The molecule has 202 valence electrons. The molecule has 1 N–H and O–H groups in total. The van der Waals surface area contributed by atoms with Gasteiger partial charge in [0.2, 0.25) is 11.8 Å². The molecule has 0 radical (unpaired) electrons. The molecule has 1 atom stereocenters. The van der Waals surface area contributed by atoms with Crippen molar-refractivity contribution in [3.63, 3.8) is 0 Å². The van der Waals surface area contributed by atoms with Gasteiger partial charge < -0.3 is 10.2 Å². The fraction of sp³-hybridized carbons (Fsp3) is 0.333. The van der Waals surface area contributed by atoms with Crippen LogP contribution < -0.4 is 9.62 Å². The number of sulfonamides is 1. The average molecular weight is 536 g/mol. The number of nitrogens with one attached hydrogen (secondary N) is 1. The molecule has 0 aliphatic carbocycles.